The Labute approximate surface area is 115 Å². The van der Waals surface area contributed by atoms with Gasteiger partial charge in [0, 0.05) is 11.6 Å². The van der Waals surface area contributed by atoms with Crippen LogP contribution >= 0.6 is 0 Å². The van der Waals surface area contributed by atoms with Gasteiger partial charge in [0.2, 0.25) is 0 Å². The van der Waals surface area contributed by atoms with Crippen LogP contribution in [0.5, 0.6) is 11.5 Å². The molecule has 4 heteroatoms. The highest BCUT2D eigenvalue weighted by Crippen LogP contribution is 2.21. The number of carboxylic acids is 1. The molecule has 0 radical (unpaired) electrons. The van der Waals surface area contributed by atoms with Crippen molar-refractivity contribution in [1.29, 1.82) is 0 Å². The number of ketones is 1. The Kier molecular flexibility index (Phi) is 4.29. The molecule has 4 nitrogen and oxygen atoms in total. The Bertz CT molecular complexity index is 627. The van der Waals surface area contributed by atoms with Gasteiger partial charge in [-0.2, -0.15) is 0 Å². The van der Waals surface area contributed by atoms with Crippen LogP contribution in [0.4, 0.5) is 0 Å². The molecule has 20 heavy (non-hydrogen) atoms. The van der Waals surface area contributed by atoms with Crippen molar-refractivity contribution in [2.45, 2.75) is 0 Å². The standard InChI is InChI=1S/C16H12O4/c17-15(10-11-16(18)19)12-6-8-14(9-7-12)20-13-4-2-1-3-5-13/h1-11H,(H,18,19)/b11-10+. The number of hydrogen-bond acceptors (Lipinski definition) is 3. The van der Waals surface area contributed by atoms with Crippen molar-refractivity contribution < 1.29 is 19.4 Å². The summed E-state index contributed by atoms with van der Waals surface area (Å²) in [6, 6.07) is 15.8. The third kappa shape index (κ3) is 3.81. The number of ether oxygens (including phenoxy) is 1. The molecular weight excluding hydrogens is 256 g/mol. The Balaban J connectivity index is 2.07. The second kappa shape index (κ2) is 6.33. The second-order valence-electron chi connectivity index (χ2n) is 3.98. The molecule has 0 aliphatic heterocycles. The van der Waals surface area contributed by atoms with Crippen molar-refractivity contribution in [1.82, 2.24) is 0 Å². The van der Waals surface area contributed by atoms with E-state index in [0.29, 0.717) is 17.1 Å². The predicted octanol–water partition coefficient (Wildman–Crippen LogP) is 3.30. The van der Waals surface area contributed by atoms with E-state index in [1.54, 1.807) is 24.3 Å². The van der Waals surface area contributed by atoms with Crippen molar-refractivity contribution >= 4 is 11.8 Å². The van der Waals surface area contributed by atoms with Gasteiger partial charge >= 0.3 is 5.97 Å². The minimum atomic E-state index is -1.15. The van der Waals surface area contributed by atoms with Gasteiger partial charge in [0.05, 0.1) is 0 Å². The maximum absolute atomic E-state index is 11.6. The molecule has 0 unspecified atom stereocenters. The molecule has 0 bridgehead atoms. The van der Waals surface area contributed by atoms with Crippen molar-refractivity contribution in [3.63, 3.8) is 0 Å². The topological polar surface area (TPSA) is 63.6 Å². The summed E-state index contributed by atoms with van der Waals surface area (Å²) < 4.78 is 5.59. The number of carbonyl (C=O) groups is 2. The minimum Gasteiger partial charge on any atom is -0.478 e. The first-order valence-electron chi connectivity index (χ1n) is 5.93. The van der Waals surface area contributed by atoms with Crippen LogP contribution < -0.4 is 4.74 Å². The number of rotatable bonds is 5. The molecule has 0 saturated heterocycles. The monoisotopic (exact) mass is 268 g/mol. The Morgan fingerprint density at radius 3 is 2.05 bits per heavy atom. The first-order chi connectivity index (χ1) is 9.65. The highest BCUT2D eigenvalue weighted by atomic mass is 16.5. The van der Waals surface area contributed by atoms with E-state index < -0.39 is 5.97 Å². The molecule has 2 aromatic carbocycles. The molecule has 0 amide bonds. The molecule has 2 rings (SSSR count). The molecule has 0 saturated carbocycles. The number of allylic oxidation sites excluding steroid dienone is 1. The van der Waals surface area contributed by atoms with E-state index in [2.05, 4.69) is 0 Å². The van der Waals surface area contributed by atoms with E-state index in [4.69, 9.17) is 9.84 Å². The van der Waals surface area contributed by atoms with Gasteiger partial charge in [-0.05, 0) is 42.5 Å². The van der Waals surface area contributed by atoms with E-state index in [-0.39, 0.29) is 5.78 Å². The van der Waals surface area contributed by atoms with Crippen LogP contribution in [0.2, 0.25) is 0 Å². The van der Waals surface area contributed by atoms with Crippen molar-refractivity contribution in [3.05, 3.63) is 72.3 Å². The lowest BCUT2D eigenvalue weighted by Crippen LogP contribution is -1.96. The predicted molar refractivity (Wildman–Crippen MR) is 74.1 cm³/mol. The quantitative estimate of drug-likeness (QED) is 0.667. The Morgan fingerprint density at radius 2 is 1.45 bits per heavy atom. The van der Waals surface area contributed by atoms with Gasteiger partial charge in [-0.15, -0.1) is 0 Å². The number of carboxylic acid groups (broad SMARTS) is 1. The van der Waals surface area contributed by atoms with Crippen LogP contribution in [0, 0.1) is 0 Å². The summed E-state index contributed by atoms with van der Waals surface area (Å²) in [6.45, 7) is 0. The van der Waals surface area contributed by atoms with Crippen LogP contribution in [0.3, 0.4) is 0 Å². The van der Waals surface area contributed by atoms with Crippen molar-refractivity contribution in [3.8, 4) is 11.5 Å². The SMILES string of the molecule is O=C(O)/C=C/C(=O)c1ccc(Oc2ccccc2)cc1. The van der Waals surface area contributed by atoms with Gasteiger partial charge < -0.3 is 9.84 Å². The lowest BCUT2D eigenvalue weighted by atomic mass is 10.1. The number of hydrogen-bond donors (Lipinski definition) is 1. The largest absolute Gasteiger partial charge is 0.478 e. The second-order valence-corrected chi connectivity index (χ2v) is 3.98. The van der Waals surface area contributed by atoms with Crippen LogP contribution in [0.1, 0.15) is 10.4 Å². The average molecular weight is 268 g/mol. The van der Waals surface area contributed by atoms with E-state index in [0.717, 1.165) is 12.2 Å². The van der Waals surface area contributed by atoms with Gasteiger partial charge in [-0.3, -0.25) is 4.79 Å². The molecule has 0 aromatic heterocycles. The maximum atomic E-state index is 11.6. The lowest BCUT2D eigenvalue weighted by molar-refractivity contribution is -0.131. The molecule has 0 aliphatic rings. The molecule has 0 heterocycles. The maximum Gasteiger partial charge on any atom is 0.328 e. The molecular formula is C16H12O4. The van der Waals surface area contributed by atoms with Gasteiger partial charge in [0.15, 0.2) is 5.78 Å². The fraction of sp³-hybridized carbons (Fsp3) is 0. The molecule has 100 valence electrons. The van der Waals surface area contributed by atoms with Crippen LogP contribution in [-0.4, -0.2) is 16.9 Å². The highest BCUT2D eigenvalue weighted by molar-refractivity contribution is 6.06. The Hall–Kier alpha value is -2.88. The average Bonchev–Trinajstić information content (AvgIpc) is 2.46. The van der Waals surface area contributed by atoms with Gasteiger partial charge in [0.1, 0.15) is 11.5 Å². The number of para-hydroxylation sites is 1. The zero-order chi connectivity index (χ0) is 14.4. The summed E-state index contributed by atoms with van der Waals surface area (Å²) in [4.78, 5) is 22.0. The fourth-order valence-corrected chi connectivity index (χ4v) is 1.56. The summed E-state index contributed by atoms with van der Waals surface area (Å²) in [7, 11) is 0. The number of benzene rings is 2. The third-order valence-corrected chi connectivity index (χ3v) is 2.50. The van der Waals surface area contributed by atoms with Crippen molar-refractivity contribution in [2.24, 2.45) is 0 Å². The smallest absolute Gasteiger partial charge is 0.328 e. The molecule has 0 atom stereocenters. The summed E-state index contributed by atoms with van der Waals surface area (Å²) >= 11 is 0. The van der Waals surface area contributed by atoms with Gasteiger partial charge in [-0.1, -0.05) is 18.2 Å². The fourth-order valence-electron chi connectivity index (χ4n) is 1.56. The molecule has 1 N–H and O–H groups in total. The minimum absolute atomic E-state index is 0.362. The Morgan fingerprint density at radius 1 is 0.850 bits per heavy atom. The number of aliphatic carboxylic acids is 1. The van der Waals surface area contributed by atoms with Crippen molar-refractivity contribution in [2.75, 3.05) is 0 Å². The molecule has 2 aromatic rings. The third-order valence-electron chi connectivity index (χ3n) is 2.50. The van der Waals surface area contributed by atoms with E-state index in [1.165, 1.54) is 0 Å². The van der Waals surface area contributed by atoms with Gasteiger partial charge in [0.25, 0.3) is 0 Å². The van der Waals surface area contributed by atoms with Gasteiger partial charge in [-0.25, -0.2) is 4.79 Å². The zero-order valence-electron chi connectivity index (χ0n) is 10.5. The van der Waals surface area contributed by atoms with Crippen LogP contribution in [-0.2, 0) is 4.79 Å². The van der Waals surface area contributed by atoms with E-state index in [1.807, 2.05) is 30.3 Å². The molecule has 0 fully saturated rings. The lowest BCUT2D eigenvalue weighted by Gasteiger charge is -2.05. The van der Waals surface area contributed by atoms with Crippen LogP contribution in [0.25, 0.3) is 0 Å². The summed E-state index contributed by atoms with van der Waals surface area (Å²) in [6.07, 6.45) is 1.84. The summed E-state index contributed by atoms with van der Waals surface area (Å²) in [5, 5.41) is 8.46. The molecule has 0 spiro atoms. The highest BCUT2D eigenvalue weighted by Gasteiger charge is 2.03. The zero-order valence-corrected chi connectivity index (χ0v) is 10.5. The first-order valence-corrected chi connectivity index (χ1v) is 5.93. The number of carbonyl (C=O) groups excluding carboxylic acids is 1. The first kappa shape index (κ1) is 13.5. The normalized spacial score (nSPS) is 10.4. The molecule has 0 aliphatic carbocycles. The van der Waals surface area contributed by atoms with E-state index in [9.17, 15) is 9.59 Å². The van der Waals surface area contributed by atoms with E-state index >= 15 is 0 Å². The summed E-state index contributed by atoms with van der Waals surface area (Å²) in [5.74, 6) is -0.201. The summed E-state index contributed by atoms with van der Waals surface area (Å²) in [5.41, 5.74) is 0.405. The van der Waals surface area contributed by atoms with Crippen LogP contribution in [0.15, 0.2) is 66.7 Å².